The van der Waals surface area contributed by atoms with E-state index in [0.717, 1.165) is 37.2 Å². The van der Waals surface area contributed by atoms with Crippen LogP contribution < -0.4 is 4.90 Å². The summed E-state index contributed by atoms with van der Waals surface area (Å²) in [5.41, 5.74) is 1.08. The van der Waals surface area contributed by atoms with Gasteiger partial charge in [0.25, 0.3) is 0 Å². The van der Waals surface area contributed by atoms with E-state index in [2.05, 4.69) is 4.90 Å². The zero-order chi connectivity index (χ0) is 24.9. The number of likely N-dealkylation sites (N-methyl/N-ethyl adjacent to an activating group) is 1. The van der Waals surface area contributed by atoms with Crippen LogP contribution in [0.2, 0.25) is 0 Å². The summed E-state index contributed by atoms with van der Waals surface area (Å²) in [7, 11) is 1.49. The van der Waals surface area contributed by atoms with E-state index >= 15 is 0 Å². The summed E-state index contributed by atoms with van der Waals surface area (Å²) in [6, 6.07) is 6.68. The van der Waals surface area contributed by atoms with Crippen LogP contribution in [0, 0.1) is 5.92 Å². The Morgan fingerprint density at radius 2 is 1.76 bits per heavy atom. The quantitative estimate of drug-likeness (QED) is 0.542. The Hall–Kier alpha value is -2.81. The summed E-state index contributed by atoms with van der Waals surface area (Å²) >= 11 is 0. The fraction of sp³-hybridized carbons (Fsp3) is 0.640. The first-order valence-corrected chi connectivity index (χ1v) is 11.8. The molecule has 0 aromatic heterocycles. The summed E-state index contributed by atoms with van der Waals surface area (Å²) in [4.78, 5) is 40.9. The minimum atomic E-state index is -1.35. The Balaban J connectivity index is 1.65. The van der Waals surface area contributed by atoms with Gasteiger partial charge in [-0.3, -0.25) is 4.90 Å². The van der Waals surface area contributed by atoms with Gasteiger partial charge in [0, 0.05) is 32.2 Å². The standard InChI is InChI=1S/C25H36N2O7/c1-25(2,3)34-24(31)26(4)20(15-17-5-6-17)23(30)33-21(22(28)29)16-18-7-9-19(10-8-18)27-11-13-32-14-12-27/h7-10,17,20-21H,5-6,11-16H2,1-4H3,(H,28,29)/t20-,21+/m0/s1. The van der Waals surface area contributed by atoms with Gasteiger partial charge in [-0.15, -0.1) is 0 Å². The van der Waals surface area contributed by atoms with E-state index in [1.54, 1.807) is 20.8 Å². The largest absolute Gasteiger partial charge is 0.478 e. The molecule has 1 N–H and O–H groups in total. The predicted molar refractivity (Wildman–Crippen MR) is 126 cm³/mol. The fourth-order valence-corrected chi connectivity index (χ4v) is 3.82. The van der Waals surface area contributed by atoms with Gasteiger partial charge in [-0.2, -0.15) is 0 Å². The maximum atomic E-state index is 13.0. The van der Waals surface area contributed by atoms with Gasteiger partial charge >= 0.3 is 18.0 Å². The fourth-order valence-electron chi connectivity index (χ4n) is 3.82. The Bertz CT molecular complexity index is 855. The van der Waals surface area contributed by atoms with Gasteiger partial charge < -0.3 is 24.2 Å². The molecule has 1 aromatic rings. The molecule has 1 heterocycles. The van der Waals surface area contributed by atoms with Crippen LogP contribution in [0.1, 0.15) is 45.6 Å². The van der Waals surface area contributed by atoms with Gasteiger partial charge in [0.2, 0.25) is 6.10 Å². The molecule has 0 bridgehead atoms. The number of benzene rings is 1. The zero-order valence-electron chi connectivity index (χ0n) is 20.5. The van der Waals surface area contributed by atoms with Crippen molar-refractivity contribution in [3.63, 3.8) is 0 Å². The van der Waals surface area contributed by atoms with Crippen molar-refractivity contribution in [2.45, 2.75) is 64.2 Å². The monoisotopic (exact) mass is 476 g/mol. The minimum Gasteiger partial charge on any atom is -0.478 e. The van der Waals surface area contributed by atoms with Crippen LogP contribution in [0.3, 0.4) is 0 Å². The number of rotatable bonds is 9. The highest BCUT2D eigenvalue weighted by Gasteiger charge is 2.38. The molecule has 1 saturated heterocycles. The molecule has 2 fully saturated rings. The predicted octanol–water partition coefficient (Wildman–Crippen LogP) is 3.10. The SMILES string of the molecule is CN(C(=O)OC(C)(C)C)[C@@H](CC1CC1)C(=O)O[C@H](Cc1ccc(N2CCOCC2)cc1)C(=O)O. The molecule has 1 aromatic carbocycles. The van der Waals surface area contributed by atoms with Crippen LogP contribution in [0.25, 0.3) is 0 Å². The first kappa shape index (κ1) is 25.8. The van der Waals surface area contributed by atoms with E-state index in [1.807, 2.05) is 24.3 Å². The summed E-state index contributed by atoms with van der Waals surface area (Å²) < 4.78 is 16.2. The smallest absolute Gasteiger partial charge is 0.410 e. The van der Waals surface area contributed by atoms with Crippen LogP contribution in [0.4, 0.5) is 10.5 Å². The number of carbonyl (C=O) groups is 3. The van der Waals surface area contributed by atoms with E-state index in [1.165, 1.54) is 11.9 Å². The molecule has 1 aliphatic carbocycles. The van der Waals surface area contributed by atoms with Crippen LogP contribution in [-0.2, 0) is 30.2 Å². The first-order chi connectivity index (χ1) is 16.0. The first-order valence-electron chi connectivity index (χ1n) is 11.8. The van der Waals surface area contributed by atoms with Gasteiger partial charge in [0.1, 0.15) is 11.6 Å². The molecule has 1 aliphatic heterocycles. The van der Waals surface area contributed by atoms with Crippen molar-refractivity contribution in [2.24, 2.45) is 5.92 Å². The van der Waals surface area contributed by atoms with Gasteiger partial charge in [-0.1, -0.05) is 25.0 Å². The van der Waals surface area contributed by atoms with Crippen molar-refractivity contribution in [1.82, 2.24) is 4.90 Å². The van der Waals surface area contributed by atoms with Crippen molar-refractivity contribution < 1.29 is 33.7 Å². The molecular weight excluding hydrogens is 440 g/mol. The number of carboxylic acids is 1. The number of morpholine rings is 1. The highest BCUT2D eigenvalue weighted by molar-refractivity contribution is 5.84. The molecule has 3 rings (SSSR count). The summed E-state index contributed by atoms with van der Waals surface area (Å²) in [6.07, 6.45) is 0.427. The van der Waals surface area contributed by atoms with Crippen molar-refractivity contribution in [2.75, 3.05) is 38.3 Å². The summed E-state index contributed by atoms with van der Waals surface area (Å²) in [6.45, 7) is 8.22. The maximum absolute atomic E-state index is 13.0. The molecule has 2 aliphatic rings. The number of carboxylic acid groups (broad SMARTS) is 1. The molecular formula is C25H36N2O7. The number of aliphatic carboxylic acids is 1. The number of esters is 1. The lowest BCUT2D eigenvalue weighted by molar-refractivity contribution is -0.167. The van der Waals surface area contributed by atoms with Gasteiger partial charge in [0.05, 0.1) is 13.2 Å². The van der Waals surface area contributed by atoms with Gasteiger partial charge in [0.15, 0.2) is 0 Å². The van der Waals surface area contributed by atoms with Gasteiger partial charge in [-0.25, -0.2) is 14.4 Å². The molecule has 0 unspecified atom stereocenters. The number of hydrogen-bond donors (Lipinski definition) is 1. The third-order valence-electron chi connectivity index (χ3n) is 5.94. The lowest BCUT2D eigenvalue weighted by Gasteiger charge is -2.30. The van der Waals surface area contributed by atoms with Crippen LogP contribution in [0.5, 0.6) is 0 Å². The average Bonchev–Trinajstić information content (AvgIpc) is 3.60. The van der Waals surface area contributed by atoms with Crippen LogP contribution >= 0.6 is 0 Å². The average molecular weight is 477 g/mol. The maximum Gasteiger partial charge on any atom is 0.410 e. The van der Waals surface area contributed by atoms with E-state index in [0.29, 0.717) is 25.6 Å². The topological polar surface area (TPSA) is 106 Å². The van der Waals surface area contributed by atoms with E-state index in [9.17, 15) is 19.5 Å². The molecule has 34 heavy (non-hydrogen) atoms. The number of hydrogen-bond acceptors (Lipinski definition) is 7. The number of amides is 1. The Labute approximate surface area is 200 Å². The molecule has 9 heteroatoms. The summed E-state index contributed by atoms with van der Waals surface area (Å²) in [5, 5.41) is 9.71. The molecule has 188 valence electrons. The van der Waals surface area contributed by atoms with Crippen molar-refractivity contribution in [3.8, 4) is 0 Å². The van der Waals surface area contributed by atoms with E-state index < -0.39 is 35.8 Å². The molecule has 2 atom stereocenters. The second kappa shape index (κ2) is 11.1. The Kier molecular flexibility index (Phi) is 8.41. The van der Waals surface area contributed by atoms with Crippen molar-refractivity contribution in [3.05, 3.63) is 29.8 Å². The van der Waals surface area contributed by atoms with E-state index in [-0.39, 0.29) is 6.42 Å². The second-order valence-corrected chi connectivity index (χ2v) is 10.0. The lowest BCUT2D eigenvalue weighted by Crippen LogP contribution is -2.47. The molecule has 0 spiro atoms. The van der Waals surface area contributed by atoms with Crippen LogP contribution in [0.15, 0.2) is 24.3 Å². The number of anilines is 1. The molecule has 1 amide bonds. The highest BCUT2D eigenvalue weighted by Crippen LogP contribution is 2.35. The molecule has 9 nitrogen and oxygen atoms in total. The van der Waals surface area contributed by atoms with Crippen LogP contribution in [-0.4, -0.2) is 79.1 Å². The number of carbonyl (C=O) groups excluding carboxylic acids is 2. The Morgan fingerprint density at radius 3 is 2.29 bits per heavy atom. The Morgan fingerprint density at radius 1 is 1.15 bits per heavy atom. The molecule has 1 saturated carbocycles. The lowest BCUT2D eigenvalue weighted by atomic mass is 10.1. The van der Waals surface area contributed by atoms with Gasteiger partial charge in [-0.05, 0) is 50.8 Å². The normalized spacial score (nSPS) is 18.1. The third kappa shape index (κ3) is 7.62. The second-order valence-electron chi connectivity index (χ2n) is 10.0. The number of nitrogens with zero attached hydrogens (tertiary/aromatic N) is 2. The van der Waals surface area contributed by atoms with E-state index in [4.69, 9.17) is 14.2 Å². The third-order valence-corrected chi connectivity index (χ3v) is 5.94. The number of ether oxygens (including phenoxy) is 3. The minimum absolute atomic E-state index is 0.0385. The highest BCUT2D eigenvalue weighted by atomic mass is 16.6. The zero-order valence-corrected chi connectivity index (χ0v) is 20.5. The summed E-state index contributed by atoms with van der Waals surface area (Å²) in [5.74, 6) is -1.63. The van der Waals surface area contributed by atoms with Crippen molar-refractivity contribution in [1.29, 1.82) is 0 Å². The van der Waals surface area contributed by atoms with Crippen molar-refractivity contribution >= 4 is 23.7 Å². The molecule has 0 radical (unpaired) electrons.